The minimum Gasteiger partial charge on any atom is -0.488 e. The molecule has 142 valence electrons. The Bertz CT molecular complexity index is 859. The maximum absolute atomic E-state index is 12.4. The molecule has 7 nitrogen and oxygen atoms in total. The molecule has 1 aromatic carbocycles. The average Bonchev–Trinajstić information content (AvgIpc) is 3.13. The molecule has 1 aliphatic heterocycles. The number of carbonyl (C=O) groups excluding carboxylic acids is 1. The van der Waals surface area contributed by atoms with E-state index in [2.05, 4.69) is 10.3 Å². The largest absolute Gasteiger partial charge is 0.488 e. The highest BCUT2D eigenvalue weighted by molar-refractivity contribution is 5.94. The minimum absolute atomic E-state index is 0.0223. The second-order valence-electron chi connectivity index (χ2n) is 6.53. The van der Waals surface area contributed by atoms with Gasteiger partial charge >= 0.3 is 5.97 Å². The first-order chi connectivity index (χ1) is 12.9. The number of nitrogens with one attached hydrogen (secondary N) is 1. The van der Waals surface area contributed by atoms with Crippen molar-refractivity contribution in [1.29, 1.82) is 0 Å². The summed E-state index contributed by atoms with van der Waals surface area (Å²) < 4.78 is 11.4. The lowest BCUT2D eigenvalue weighted by molar-refractivity contribution is 0.0694. The van der Waals surface area contributed by atoms with Gasteiger partial charge in [-0.1, -0.05) is 12.1 Å². The van der Waals surface area contributed by atoms with Crippen LogP contribution in [0, 0.1) is 13.8 Å². The van der Waals surface area contributed by atoms with Gasteiger partial charge in [0.05, 0.1) is 24.5 Å². The first-order valence-electron chi connectivity index (χ1n) is 8.77. The molecule has 0 saturated carbocycles. The zero-order chi connectivity index (χ0) is 19.4. The molecule has 1 fully saturated rings. The third kappa shape index (κ3) is 4.62. The van der Waals surface area contributed by atoms with Gasteiger partial charge in [-0.3, -0.25) is 4.79 Å². The van der Waals surface area contributed by atoms with Gasteiger partial charge in [-0.2, -0.15) is 0 Å². The number of benzene rings is 1. The molecule has 3 rings (SSSR count). The van der Waals surface area contributed by atoms with Crippen LogP contribution in [0.5, 0.6) is 5.75 Å². The maximum Gasteiger partial charge on any atom is 0.337 e. The monoisotopic (exact) mass is 370 g/mol. The zero-order valence-electron chi connectivity index (χ0n) is 15.3. The topological polar surface area (TPSA) is 97.8 Å². The van der Waals surface area contributed by atoms with Crippen molar-refractivity contribution < 1.29 is 24.2 Å². The van der Waals surface area contributed by atoms with Gasteiger partial charge in [0.15, 0.2) is 0 Å². The summed E-state index contributed by atoms with van der Waals surface area (Å²) in [4.78, 5) is 27.5. The summed E-state index contributed by atoms with van der Waals surface area (Å²) >= 11 is 0. The molecule has 27 heavy (non-hydrogen) atoms. The van der Waals surface area contributed by atoms with E-state index in [1.165, 1.54) is 12.1 Å². The van der Waals surface area contributed by atoms with Crippen LogP contribution in [0.3, 0.4) is 0 Å². The molecule has 1 aliphatic rings. The Balaban J connectivity index is 1.69. The molecule has 2 heterocycles. The molecule has 0 aliphatic carbocycles. The summed E-state index contributed by atoms with van der Waals surface area (Å²) in [5, 5.41) is 11.9. The van der Waals surface area contributed by atoms with Crippen LogP contribution in [0.4, 0.5) is 0 Å². The fraction of sp³-hybridized carbons (Fsp3) is 0.350. The average molecular weight is 370 g/mol. The third-order valence-electron chi connectivity index (χ3n) is 4.39. The van der Waals surface area contributed by atoms with Gasteiger partial charge in [0.1, 0.15) is 17.5 Å². The van der Waals surface area contributed by atoms with Crippen molar-refractivity contribution in [1.82, 2.24) is 10.3 Å². The number of hydrogen-bond acceptors (Lipinski definition) is 5. The van der Waals surface area contributed by atoms with Crippen LogP contribution in [-0.2, 0) is 11.3 Å². The van der Waals surface area contributed by atoms with Gasteiger partial charge in [0, 0.05) is 18.5 Å². The number of aryl methyl sites for hydroxylation is 2. The van der Waals surface area contributed by atoms with E-state index in [9.17, 15) is 9.59 Å². The number of nitrogens with zero attached hydrogens (tertiary/aromatic N) is 1. The lowest BCUT2D eigenvalue weighted by Crippen LogP contribution is -2.25. The first kappa shape index (κ1) is 18.8. The predicted octanol–water partition coefficient (Wildman–Crippen LogP) is 2.49. The van der Waals surface area contributed by atoms with Crippen LogP contribution in [0.15, 0.2) is 30.3 Å². The van der Waals surface area contributed by atoms with Crippen LogP contribution < -0.4 is 10.1 Å². The molecule has 1 aromatic heterocycles. The fourth-order valence-corrected chi connectivity index (χ4v) is 2.88. The van der Waals surface area contributed by atoms with Gasteiger partial charge < -0.3 is 19.9 Å². The minimum atomic E-state index is -1.07. The van der Waals surface area contributed by atoms with E-state index in [1.807, 2.05) is 25.1 Å². The molecule has 2 N–H and O–H groups in total. The van der Waals surface area contributed by atoms with E-state index in [-0.39, 0.29) is 29.8 Å². The summed E-state index contributed by atoms with van der Waals surface area (Å²) in [6.07, 6.45) is 0.868. The summed E-state index contributed by atoms with van der Waals surface area (Å²) in [5.74, 6) is -0.703. The molecule has 1 unspecified atom stereocenters. The van der Waals surface area contributed by atoms with Gasteiger partial charge in [0.25, 0.3) is 5.91 Å². The molecule has 1 saturated heterocycles. The highest BCUT2D eigenvalue weighted by Gasteiger charge is 2.19. The number of carbonyl (C=O) groups is 2. The normalized spacial score (nSPS) is 16.1. The van der Waals surface area contributed by atoms with Crippen molar-refractivity contribution in [2.45, 2.75) is 32.9 Å². The number of hydrogen-bond donors (Lipinski definition) is 2. The highest BCUT2D eigenvalue weighted by atomic mass is 16.5. The standard InChI is InChI=1S/C20H22N2O5/c1-12-3-4-14(18(9-12)27-15-7-8-26-11-15)10-21-19(23)17-6-5-16(20(24)25)13(2)22-17/h3-6,9,15H,7-8,10-11H2,1-2H3,(H,21,23)(H,24,25). The van der Waals surface area contributed by atoms with Crippen molar-refractivity contribution in [2.24, 2.45) is 0 Å². The summed E-state index contributed by atoms with van der Waals surface area (Å²) in [6, 6.07) is 8.63. The summed E-state index contributed by atoms with van der Waals surface area (Å²) in [7, 11) is 0. The van der Waals surface area contributed by atoms with Gasteiger partial charge in [-0.05, 0) is 37.6 Å². The van der Waals surface area contributed by atoms with Crippen LogP contribution in [-0.4, -0.2) is 41.3 Å². The Morgan fingerprint density at radius 1 is 1.30 bits per heavy atom. The number of carboxylic acids is 1. The van der Waals surface area contributed by atoms with E-state index in [0.29, 0.717) is 18.9 Å². The van der Waals surface area contributed by atoms with Crippen molar-refractivity contribution in [2.75, 3.05) is 13.2 Å². The molecule has 7 heteroatoms. The van der Waals surface area contributed by atoms with Crippen LogP contribution in [0.1, 0.15) is 44.1 Å². The Kier molecular flexibility index (Phi) is 5.71. The summed E-state index contributed by atoms with van der Waals surface area (Å²) in [6.45, 7) is 5.09. The predicted molar refractivity (Wildman–Crippen MR) is 98.1 cm³/mol. The van der Waals surface area contributed by atoms with Crippen LogP contribution in [0.25, 0.3) is 0 Å². The van der Waals surface area contributed by atoms with Gasteiger partial charge in [-0.15, -0.1) is 0 Å². The second-order valence-corrected chi connectivity index (χ2v) is 6.53. The molecule has 1 atom stereocenters. The molecular weight excluding hydrogens is 348 g/mol. The van der Waals surface area contributed by atoms with E-state index in [0.717, 1.165) is 23.3 Å². The van der Waals surface area contributed by atoms with E-state index < -0.39 is 5.97 Å². The quantitative estimate of drug-likeness (QED) is 0.811. The summed E-state index contributed by atoms with van der Waals surface area (Å²) in [5.41, 5.74) is 2.49. The lowest BCUT2D eigenvalue weighted by atomic mass is 10.1. The lowest BCUT2D eigenvalue weighted by Gasteiger charge is -2.17. The van der Waals surface area contributed by atoms with E-state index in [4.69, 9.17) is 14.6 Å². The first-order valence-corrected chi connectivity index (χ1v) is 8.77. The number of aromatic nitrogens is 1. The van der Waals surface area contributed by atoms with Crippen molar-refractivity contribution in [3.05, 3.63) is 58.4 Å². The molecule has 1 amide bonds. The number of amides is 1. The van der Waals surface area contributed by atoms with Gasteiger partial charge in [-0.25, -0.2) is 9.78 Å². The number of ether oxygens (including phenoxy) is 2. The van der Waals surface area contributed by atoms with Crippen molar-refractivity contribution in [3.63, 3.8) is 0 Å². The highest BCUT2D eigenvalue weighted by Crippen LogP contribution is 2.24. The molecule has 0 radical (unpaired) electrons. The fourth-order valence-electron chi connectivity index (χ4n) is 2.88. The Labute approximate surface area is 157 Å². The van der Waals surface area contributed by atoms with E-state index >= 15 is 0 Å². The molecule has 0 bridgehead atoms. The Morgan fingerprint density at radius 3 is 2.78 bits per heavy atom. The number of pyridine rings is 1. The zero-order valence-corrected chi connectivity index (χ0v) is 15.3. The third-order valence-corrected chi connectivity index (χ3v) is 4.39. The van der Waals surface area contributed by atoms with E-state index in [1.54, 1.807) is 6.92 Å². The Hall–Kier alpha value is -2.93. The number of rotatable bonds is 6. The maximum atomic E-state index is 12.4. The number of carboxylic acid groups (broad SMARTS) is 1. The smallest absolute Gasteiger partial charge is 0.337 e. The Morgan fingerprint density at radius 2 is 2.11 bits per heavy atom. The number of aromatic carboxylic acids is 1. The van der Waals surface area contributed by atoms with Crippen LogP contribution in [0.2, 0.25) is 0 Å². The molecule has 0 spiro atoms. The van der Waals surface area contributed by atoms with Crippen molar-refractivity contribution in [3.8, 4) is 5.75 Å². The SMILES string of the molecule is Cc1ccc(CNC(=O)c2ccc(C(=O)O)c(C)n2)c(OC2CCOC2)c1. The molecule has 2 aromatic rings. The second kappa shape index (κ2) is 8.18. The molecular formula is C20H22N2O5. The van der Waals surface area contributed by atoms with Crippen molar-refractivity contribution >= 4 is 11.9 Å². The van der Waals surface area contributed by atoms with Crippen LogP contribution >= 0.6 is 0 Å². The van der Waals surface area contributed by atoms with Gasteiger partial charge in [0.2, 0.25) is 0 Å².